The minimum Gasteiger partial charge on any atom is -0.452 e. The van der Waals surface area contributed by atoms with Gasteiger partial charge in [0.05, 0.1) is 17.9 Å². The van der Waals surface area contributed by atoms with Crippen LogP contribution in [0.2, 0.25) is 0 Å². The smallest absolute Gasteiger partial charge is 0.354 e. The van der Waals surface area contributed by atoms with Crippen LogP contribution in [0.4, 0.5) is 5.69 Å². The van der Waals surface area contributed by atoms with Crippen LogP contribution in [0.1, 0.15) is 55.7 Å². The van der Waals surface area contributed by atoms with Crippen LogP contribution in [0.3, 0.4) is 0 Å². The fourth-order valence-electron chi connectivity index (χ4n) is 4.10. The van der Waals surface area contributed by atoms with Crippen LogP contribution in [0.15, 0.2) is 28.8 Å². The first kappa shape index (κ1) is 21.9. The second kappa shape index (κ2) is 8.01. The molecule has 170 valence electrons. The monoisotopic (exact) mass is 442 g/mol. The first-order chi connectivity index (χ1) is 15.2. The van der Waals surface area contributed by atoms with Gasteiger partial charge in [0, 0.05) is 31.9 Å². The van der Waals surface area contributed by atoms with Gasteiger partial charge in [0.1, 0.15) is 0 Å². The summed E-state index contributed by atoms with van der Waals surface area (Å²) >= 11 is 0. The SMILES string of the molecule is COCCN1C(=O)c2ccccc2N2C(=O)CCC12C(=O)OCc1nc(C(C)(C)C)no1. The number of nitrogens with zero attached hydrogens (tertiary/aromatic N) is 4. The molecule has 0 aliphatic carbocycles. The molecule has 0 saturated carbocycles. The van der Waals surface area contributed by atoms with E-state index in [1.807, 2.05) is 20.8 Å². The molecule has 0 radical (unpaired) electrons. The Morgan fingerprint density at radius 3 is 2.69 bits per heavy atom. The number of fused-ring (bicyclic) bond motifs is 3. The van der Waals surface area contributed by atoms with Crippen LogP contribution in [0, 0.1) is 0 Å². The summed E-state index contributed by atoms with van der Waals surface area (Å²) in [5.74, 6) is -0.701. The minimum atomic E-state index is -1.59. The fourth-order valence-corrected chi connectivity index (χ4v) is 4.10. The maximum absolute atomic E-state index is 13.5. The molecular weight excluding hydrogens is 416 g/mol. The highest BCUT2D eigenvalue weighted by atomic mass is 16.6. The molecule has 2 aromatic rings. The number of methoxy groups -OCH3 is 1. The number of hydrogen-bond acceptors (Lipinski definition) is 8. The Bertz CT molecular complexity index is 1060. The number of aromatic nitrogens is 2. The molecule has 1 unspecified atom stereocenters. The molecule has 1 aromatic carbocycles. The van der Waals surface area contributed by atoms with Crippen LogP contribution in [0.25, 0.3) is 0 Å². The number of amides is 2. The van der Waals surface area contributed by atoms with E-state index in [2.05, 4.69) is 10.1 Å². The highest BCUT2D eigenvalue weighted by molar-refractivity contribution is 6.15. The molecule has 0 bridgehead atoms. The minimum absolute atomic E-state index is 0.106. The van der Waals surface area contributed by atoms with Gasteiger partial charge >= 0.3 is 5.97 Å². The van der Waals surface area contributed by atoms with Gasteiger partial charge in [-0.05, 0) is 12.1 Å². The zero-order chi connectivity index (χ0) is 23.1. The van der Waals surface area contributed by atoms with Crippen molar-refractivity contribution in [3.63, 3.8) is 0 Å². The Balaban J connectivity index is 1.68. The average molecular weight is 442 g/mol. The van der Waals surface area contributed by atoms with Crippen molar-refractivity contribution in [3.8, 4) is 0 Å². The molecule has 1 aromatic heterocycles. The van der Waals surface area contributed by atoms with Crippen molar-refractivity contribution in [1.29, 1.82) is 0 Å². The van der Waals surface area contributed by atoms with Crippen molar-refractivity contribution in [2.24, 2.45) is 0 Å². The molecule has 2 aliphatic heterocycles. The summed E-state index contributed by atoms with van der Waals surface area (Å²) in [7, 11) is 1.51. The molecule has 3 heterocycles. The van der Waals surface area contributed by atoms with Gasteiger partial charge in [-0.2, -0.15) is 4.98 Å². The number of hydrogen-bond donors (Lipinski definition) is 0. The van der Waals surface area contributed by atoms with Gasteiger partial charge in [0.2, 0.25) is 11.6 Å². The summed E-state index contributed by atoms with van der Waals surface area (Å²) in [6.07, 6.45) is 0.223. The quantitative estimate of drug-likeness (QED) is 0.624. The maximum Gasteiger partial charge on any atom is 0.354 e. The Morgan fingerprint density at radius 2 is 2.00 bits per heavy atom. The molecule has 10 nitrogen and oxygen atoms in total. The van der Waals surface area contributed by atoms with Gasteiger partial charge in [-0.3, -0.25) is 14.5 Å². The summed E-state index contributed by atoms with van der Waals surface area (Å²) in [6.45, 7) is 5.87. The van der Waals surface area contributed by atoms with E-state index in [9.17, 15) is 14.4 Å². The van der Waals surface area contributed by atoms with Crippen molar-refractivity contribution < 1.29 is 28.4 Å². The van der Waals surface area contributed by atoms with E-state index in [1.165, 1.54) is 16.9 Å². The van der Waals surface area contributed by atoms with Crippen LogP contribution >= 0.6 is 0 Å². The van der Waals surface area contributed by atoms with Gasteiger partial charge in [0.25, 0.3) is 11.8 Å². The lowest BCUT2D eigenvalue weighted by molar-refractivity contribution is -0.159. The summed E-state index contributed by atoms with van der Waals surface area (Å²) in [5.41, 5.74) is -1.16. The fraction of sp³-hybridized carbons (Fsp3) is 0.500. The number of para-hydroxylation sites is 1. The second-order valence-corrected chi connectivity index (χ2v) is 8.85. The highest BCUT2D eigenvalue weighted by Gasteiger charge is 2.61. The third-order valence-electron chi connectivity index (χ3n) is 5.69. The van der Waals surface area contributed by atoms with Crippen LogP contribution in [0.5, 0.6) is 0 Å². The molecule has 2 aliphatic rings. The van der Waals surface area contributed by atoms with Crippen LogP contribution < -0.4 is 4.90 Å². The van der Waals surface area contributed by atoms with Gasteiger partial charge in [0.15, 0.2) is 12.4 Å². The van der Waals surface area contributed by atoms with Crippen molar-refractivity contribution in [2.45, 2.75) is 51.3 Å². The van der Waals surface area contributed by atoms with Crippen molar-refractivity contribution in [2.75, 3.05) is 25.2 Å². The number of benzene rings is 1. The third-order valence-corrected chi connectivity index (χ3v) is 5.69. The van der Waals surface area contributed by atoms with Crippen molar-refractivity contribution in [3.05, 3.63) is 41.5 Å². The van der Waals surface area contributed by atoms with E-state index < -0.39 is 11.6 Å². The Labute approximate surface area is 185 Å². The number of anilines is 1. The lowest BCUT2D eigenvalue weighted by atomic mass is 9.96. The Morgan fingerprint density at radius 1 is 1.25 bits per heavy atom. The number of carbonyl (C=O) groups is 3. The average Bonchev–Trinajstić information content (AvgIpc) is 3.38. The predicted octanol–water partition coefficient (Wildman–Crippen LogP) is 2.04. The predicted molar refractivity (Wildman–Crippen MR) is 112 cm³/mol. The van der Waals surface area contributed by atoms with Crippen molar-refractivity contribution >= 4 is 23.5 Å². The summed E-state index contributed by atoms with van der Waals surface area (Å²) < 4.78 is 15.9. The number of esters is 1. The molecule has 0 N–H and O–H groups in total. The Hall–Kier alpha value is -3.27. The van der Waals surface area contributed by atoms with E-state index in [0.29, 0.717) is 17.1 Å². The topological polar surface area (TPSA) is 115 Å². The second-order valence-electron chi connectivity index (χ2n) is 8.85. The van der Waals surface area contributed by atoms with Gasteiger partial charge in [-0.15, -0.1) is 0 Å². The summed E-state index contributed by atoms with van der Waals surface area (Å²) in [6, 6.07) is 6.76. The van der Waals surface area contributed by atoms with E-state index >= 15 is 0 Å². The zero-order valence-corrected chi connectivity index (χ0v) is 18.6. The third kappa shape index (κ3) is 3.44. The highest BCUT2D eigenvalue weighted by Crippen LogP contribution is 2.45. The zero-order valence-electron chi connectivity index (χ0n) is 18.6. The van der Waals surface area contributed by atoms with E-state index in [-0.39, 0.29) is 55.7 Å². The standard InChI is InChI=1S/C22H26N4O6/c1-21(2,3)19-23-16(32-24-19)13-31-20(29)22-10-9-17(27)26(22)15-8-6-5-7-14(15)18(28)25(22)11-12-30-4/h5-8H,9-13H2,1-4H3. The lowest BCUT2D eigenvalue weighted by Crippen LogP contribution is -2.68. The van der Waals surface area contributed by atoms with Gasteiger partial charge in [-0.25, -0.2) is 4.79 Å². The summed E-state index contributed by atoms with van der Waals surface area (Å²) in [4.78, 5) is 46.8. The van der Waals surface area contributed by atoms with Crippen LogP contribution in [-0.2, 0) is 31.1 Å². The lowest BCUT2D eigenvalue weighted by Gasteiger charge is -2.48. The molecular formula is C22H26N4O6. The van der Waals surface area contributed by atoms with Crippen LogP contribution in [-0.4, -0.2) is 58.7 Å². The molecule has 4 rings (SSSR count). The number of ether oxygens (including phenoxy) is 2. The van der Waals surface area contributed by atoms with E-state index in [1.54, 1.807) is 24.3 Å². The van der Waals surface area contributed by atoms with Gasteiger partial charge < -0.3 is 18.9 Å². The molecule has 1 fully saturated rings. The maximum atomic E-state index is 13.5. The van der Waals surface area contributed by atoms with Gasteiger partial charge in [-0.1, -0.05) is 38.1 Å². The molecule has 1 atom stereocenters. The van der Waals surface area contributed by atoms with E-state index in [0.717, 1.165) is 0 Å². The first-order valence-electron chi connectivity index (χ1n) is 10.4. The number of carbonyl (C=O) groups excluding carboxylic acids is 3. The molecule has 32 heavy (non-hydrogen) atoms. The normalized spacial score (nSPS) is 20.4. The van der Waals surface area contributed by atoms with Crippen molar-refractivity contribution in [1.82, 2.24) is 15.0 Å². The molecule has 1 saturated heterocycles. The largest absolute Gasteiger partial charge is 0.452 e. The molecule has 0 spiro atoms. The van der Waals surface area contributed by atoms with E-state index in [4.69, 9.17) is 14.0 Å². The molecule has 10 heteroatoms. The Kier molecular flexibility index (Phi) is 5.49. The first-order valence-corrected chi connectivity index (χ1v) is 10.4. The molecule has 2 amide bonds. The number of rotatable bonds is 6. The summed E-state index contributed by atoms with van der Waals surface area (Å²) in [5, 5.41) is 3.93.